The van der Waals surface area contributed by atoms with Gasteiger partial charge in [-0.3, -0.25) is 14.6 Å². The number of hydrogen-bond acceptors (Lipinski definition) is 5. The number of pyridine rings is 1. The summed E-state index contributed by atoms with van der Waals surface area (Å²) in [6.07, 6.45) is 2.95. The summed E-state index contributed by atoms with van der Waals surface area (Å²) >= 11 is 0. The van der Waals surface area contributed by atoms with Gasteiger partial charge in [0.1, 0.15) is 5.82 Å². The average molecular weight is 394 g/mol. The number of aromatic amines is 1. The van der Waals surface area contributed by atoms with E-state index in [1.54, 1.807) is 13.0 Å². The van der Waals surface area contributed by atoms with Gasteiger partial charge in [0.15, 0.2) is 17.2 Å². The van der Waals surface area contributed by atoms with Crippen molar-refractivity contribution < 1.29 is 22.0 Å². The van der Waals surface area contributed by atoms with Crippen LogP contribution in [0.25, 0.3) is 11.0 Å². The van der Waals surface area contributed by atoms with Gasteiger partial charge in [0.05, 0.1) is 23.2 Å². The molecule has 2 N–H and O–H groups in total. The molecule has 3 aromatic rings. The second kappa shape index (κ2) is 7.39. The quantitative estimate of drug-likeness (QED) is 0.600. The highest BCUT2D eigenvalue weighted by Crippen LogP contribution is 2.24. The highest BCUT2D eigenvalue weighted by molar-refractivity contribution is 7.92. The molecule has 0 saturated carbocycles. The number of nitrogens with one attached hydrogen (secondary N) is 2. The number of carbonyl (C=O) groups is 1. The predicted octanol–water partition coefficient (Wildman–Crippen LogP) is 2.81. The molecule has 0 atom stereocenters. The minimum absolute atomic E-state index is 0.219. The first-order chi connectivity index (χ1) is 12.8. The van der Waals surface area contributed by atoms with Crippen molar-refractivity contribution in [2.45, 2.75) is 19.8 Å². The van der Waals surface area contributed by atoms with Crippen molar-refractivity contribution in [1.29, 1.82) is 0 Å². The Bertz CT molecular complexity index is 1110. The monoisotopic (exact) mass is 394 g/mol. The molecular formula is C17H16F2N4O3S. The Hall–Kier alpha value is -2.88. The average Bonchev–Trinajstić information content (AvgIpc) is 3.05. The number of fused-ring (bicyclic) bond motifs is 1. The van der Waals surface area contributed by atoms with Gasteiger partial charge in [-0.25, -0.2) is 22.2 Å². The van der Waals surface area contributed by atoms with Crippen LogP contribution in [-0.2, 0) is 16.4 Å². The van der Waals surface area contributed by atoms with Crippen LogP contribution in [0, 0.1) is 11.6 Å². The van der Waals surface area contributed by atoms with Gasteiger partial charge in [0.2, 0.25) is 10.0 Å². The smallest absolute Gasteiger partial charge is 0.232 e. The van der Waals surface area contributed by atoms with E-state index in [1.807, 2.05) is 4.72 Å². The molecule has 142 valence electrons. The molecular weight excluding hydrogens is 378 g/mol. The normalized spacial score (nSPS) is 11.7. The van der Waals surface area contributed by atoms with Gasteiger partial charge in [0.25, 0.3) is 0 Å². The van der Waals surface area contributed by atoms with Gasteiger partial charge in [-0.2, -0.15) is 5.10 Å². The summed E-state index contributed by atoms with van der Waals surface area (Å²) in [6.45, 7) is 1.65. The zero-order chi connectivity index (χ0) is 19.6. The number of carbonyl (C=O) groups excluding carboxylic acids is 1. The topological polar surface area (TPSA) is 105 Å². The standard InChI is InChI=1S/C17H16F2N4O3S/c1-2-5-27(25,26)23-13-4-3-12(18)15(16(13)19)14(24)7-10-6-11-9-21-22-17(11)20-8-10/h3-4,6,8-9,23H,2,5,7H2,1H3,(H,20,21,22). The number of benzene rings is 1. The third-order valence-electron chi connectivity index (χ3n) is 3.82. The molecule has 2 aromatic heterocycles. The Kier molecular flexibility index (Phi) is 5.17. The van der Waals surface area contributed by atoms with Gasteiger partial charge < -0.3 is 0 Å². The molecule has 27 heavy (non-hydrogen) atoms. The number of rotatable bonds is 7. The lowest BCUT2D eigenvalue weighted by Gasteiger charge is -2.11. The first-order valence-corrected chi connectivity index (χ1v) is 9.75. The fraction of sp³-hybridized carbons (Fsp3) is 0.235. The lowest BCUT2D eigenvalue weighted by Crippen LogP contribution is -2.19. The predicted molar refractivity (Wildman–Crippen MR) is 96.0 cm³/mol. The van der Waals surface area contributed by atoms with Crippen molar-refractivity contribution in [3.05, 3.63) is 53.4 Å². The van der Waals surface area contributed by atoms with E-state index in [0.717, 1.165) is 12.1 Å². The van der Waals surface area contributed by atoms with Crippen LogP contribution in [0.1, 0.15) is 29.3 Å². The summed E-state index contributed by atoms with van der Waals surface area (Å²) in [5.74, 6) is -3.35. The summed E-state index contributed by atoms with van der Waals surface area (Å²) < 4.78 is 54.5. The van der Waals surface area contributed by atoms with Crippen LogP contribution in [0.4, 0.5) is 14.5 Å². The molecule has 7 nitrogen and oxygen atoms in total. The number of halogens is 2. The highest BCUT2D eigenvalue weighted by atomic mass is 32.2. The van der Waals surface area contributed by atoms with E-state index in [4.69, 9.17) is 0 Å². The number of anilines is 1. The van der Waals surface area contributed by atoms with E-state index >= 15 is 0 Å². The maximum Gasteiger partial charge on any atom is 0.232 e. The lowest BCUT2D eigenvalue weighted by atomic mass is 10.0. The second-order valence-corrected chi connectivity index (χ2v) is 7.80. The minimum atomic E-state index is -3.78. The number of hydrogen-bond donors (Lipinski definition) is 2. The van der Waals surface area contributed by atoms with Crippen molar-refractivity contribution in [2.75, 3.05) is 10.5 Å². The van der Waals surface area contributed by atoms with Crippen LogP contribution in [-0.4, -0.2) is 35.1 Å². The molecule has 0 spiro atoms. The van der Waals surface area contributed by atoms with Crippen LogP contribution in [0.15, 0.2) is 30.6 Å². The molecule has 10 heteroatoms. The number of aromatic nitrogens is 3. The molecule has 0 radical (unpaired) electrons. The molecule has 0 bridgehead atoms. The molecule has 1 aromatic carbocycles. The molecule has 0 amide bonds. The Morgan fingerprint density at radius 3 is 2.78 bits per heavy atom. The third-order valence-corrected chi connectivity index (χ3v) is 5.30. The van der Waals surface area contributed by atoms with E-state index in [2.05, 4.69) is 15.2 Å². The van der Waals surface area contributed by atoms with Gasteiger partial charge in [-0.1, -0.05) is 6.92 Å². The molecule has 0 aliphatic heterocycles. The van der Waals surface area contributed by atoms with Gasteiger partial charge in [0, 0.05) is 18.0 Å². The van der Waals surface area contributed by atoms with E-state index in [0.29, 0.717) is 23.0 Å². The van der Waals surface area contributed by atoms with Crippen LogP contribution in [0.2, 0.25) is 0 Å². The van der Waals surface area contributed by atoms with Gasteiger partial charge >= 0.3 is 0 Å². The summed E-state index contributed by atoms with van der Waals surface area (Å²) in [4.78, 5) is 16.5. The molecule has 0 saturated heterocycles. The number of H-pyrrole nitrogens is 1. The summed E-state index contributed by atoms with van der Waals surface area (Å²) in [7, 11) is -3.78. The van der Waals surface area contributed by atoms with Crippen molar-refractivity contribution in [3.8, 4) is 0 Å². The molecule has 0 fully saturated rings. The Labute approximate surface area is 153 Å². The van der Waals surface area contributed by atoms with Crippen LogP contribution in [0.3, 0.4) is 0 Å². The van der Waals surface area contributed by atoms with Crippen LogP contribution in [0.5, 0.6) is 0 Å². The first kappa shape index (κ1) is 18.9. The SMILES string of the molecule is CCCS(=O)(=O)Nc1ccc(F)c(C(=O)Cc2cnc3[nH]ncc3c2)c1F. The zero-order valence-corrected chi connectivity index (χ0v) is 15.1. The number of sulfonamides is 1. The van der Waals surface area contributed by atoms with E-state index in [1.165, 1.54) is 12.4 Å². The minimum Gasteiger partial charge on any atom is -0.294 e. The fourth-order valence-electron chi connectivity index (χ4n) is 2.63. The summed E-state index contributed by atoms with van der Waals surface area (Å²) in [6, 6.07) is 3.44. The maximum atomic E-state index is 14.6. The molecule has 0 unspecified atom stereocenters. The Balaban J connectivity index is 1.90. The van der Waals surface area contributed by atoms with E-state index in [-0.39, 0.29) is 12.2 Å². The Morgan fingerprint density at radius 1 is 1.26 bits per heavy atom. The van der Waals surface area contributed by atoms with Crippen LogP contribution >= 0.6 is 0 Å². The molecule has 2 heterocycles. The lowest BCUT2D eigenvalue weighted by molar-refractivity contribution is 0.0985. The van der Waals surface area contributed by atoms with Gasteiger partial charge in [-0.15, -0.1) is 0 Å². The van der Waals surface area contributed by atoms with E-state index < -0.39 is 38.7 Å². The van der Waals surface area contributed by atoms with E-state index in [9.17, 15) is 22.0 Å². The molecule has 0 aliphatic carbocycles. The second-order valence-electron chi connectivity index (χ2n) is 5.96. The zero-order valence-electron chi connectivity index (χ0n) is 14.3. The number of nitrogens with zero attached hydrogens (tertiary/aromatic N) is 2. The number of ketones is 1. The molecule has 3 rings (SSSR count). The highest BCUT2D eigenvalue weighted by Gasteiger charge is 2.23. The fourth-order valence-corrected chi connectivity index (χ4v) is 3.76. The molecule has 0 aliphatic rings. The van der Waals surface area contributed by atoms with Crippen molar-refractivity contribution in [3.63, 3.8) is 0 Å². The van der Waals surface area contributed by atoms with Crippen LogP contribution < -0.4 is 4.72 Å². The summed E-state index contributed by atoms with van der Waals surface area (Å²) in [5, 5.41) is 7.12. The van der Waals surface area contributed by atoms with Crippen molar-refractivity contribution in [1.82, 2.24) is 15.2 Å². The Morgan fingerprint density at radius 2 is 2.04 bits per heavy atom. The largest absolute Gasteiger partial charge is 0.294 e. The third kappa shape index (κ3) is 4.11. The first-order valence-electron chi connectivity index (χ1n) is 8.10. The maximum absolute atomic E-state index is 14.6. The van der Waals surface area contributed by atoms with Gasteiger partial charge in [-0.05, 0) is 30.2 Å². The number of Topliss-reactive ketones (excluding diaryl/α,β-unsaturated/α-hetero) is 1. The van der Waals surface area contributed by atoms with Crippen molar-refractivity contribution in [2.24, 2.45) is 0 Å². The van der Waals surface area contributed by atoms with Crippen molar-refractivity contribution >= 4 is 32.5 Å². The summed E-state index contributed by atoms with van der Waals surface area (Å²) in [5.41, 5.74) is -0.281.